The number of esters is 1. The van der Waals surface area contributed by atoms with Gasteiger partial charge in [0.1, 0.15) is 0 Å². The van der Waals surface area contributed by atoms with Crippen molar-refractivity contribution >= 4 is 17.5 Å². The van der Waals surface area contributed by atoms with Gasteiger partial charge >= 0.3 is 5.97 Å². The fourth-order valence-corrected chi connectivity index (χ4v) is 2.97. The van der Waals surface area contributed by atoms with Crippen LogP contribution in [0.25, 0.3) is 0 Å². The number of Topliss-reactive ketones (excluding diaryl/α,β-unsaturated/α-hetero) is 1. The van der Waals surface area contributed by atoms with E-state index in [1.165, 1.54) is 20.0 Å². The predicted octanol–water partition coefficient (Wildman–Crippen LogP) is 3.04. The van der Waals surface area contributed by atoms with Crippen molar-refractivity contribution in [2.45, 2.75) is 52.4 Å². The predicted molar refractivity (Wildman–Crippen MR) is 79.9 cm³/mol. The summed E-state index contributed by atoms with van der Waals surface area (Å²) >= 11 is 0. The van der Waals surface area contributed by atoms with Gasteiger partial charge in [0, 0.05) is 18.7 Å². The van der Waals surface area contributed by atoms with E-state index < -0.39 is 11.9 Å². The molecule has 0 radical (unpaired) electrons. The van der Waals surface area contributed by atoms with Crippen LogP contribution < -0.4 is 0 Å². The number of methoxy groups -OCH3 is 1. The van der Waals surface area contributed by atoms with E-state index in [2.05, 4.69) is 11.9 Å². The van der Waals surface area contributed by atoms with E-state index in [0.717, 1.165) is 31.6 Å². The zero-order valence-corrected chi connectivity index (χ0v) is 13.1. The van der Waals surface area contributed by atoms with Gasteiger partial charge in [-0.25, -0.2) is 0 Å². The maximum absolute atomic E-state index is 12.7. The SMILES string of the molecule is CN=C(C)C(C(=O)OC)C(=O)C1CCCC(C)CCC1. The van der Waals surface area contributed by atoms with Crippen molar-refractivity contribution in [3.05, 3.63) is 0 Å². The van der Waals surface area contributed by atoms with Crippen LogP contribution in [0.1, 0.15) is 52.4 Å². The minimum absolute atomic E-state index is 0.00509. The quantitative estimate of drug-likeness (QED) is 0.452. The molecule has 1 fully saturated rings. The van der Waals surface area contributed by atoms with E-state index in [4.69, 9.17) is 4.74 Å². The Morgan fingerprint density at radius 1 is 1.15 bits per heavy atom. The number of nitrogens with zero attached hydrogens (tertiary/aromatic N) is 1. The van der Waals surface area contributed by atoms with Crippen LogP contribution in [0.5, 0.6) is 0 Å². The highest BCUT2D eigenvalue weighted by Crippen LogP contribution is 2.28. The van der Waals surface area contributed by atoms with Gasteiger partial charge in [-0.1, -0.05) is 32.6 Å². The van der Waals surface area contributed by atoms with E-state index >= 15 is 0 Å². The Hall–Kier alpha value is -1.19. The Bertz CT molecular complexity index is 366. The summed E-state index contributed by atoms with van der Waals surface area (Å²) in [6.07, 6.45) is 6.24. The molecule has 0 aromatic rings. The maximum Gasteiger partial charge on any atom is 0.322 e. The van der Waals surface area contributed by atoms with E-state index in [0.29, 0.717) is 5.71 Å². The Balaban J connectivity index is 2.80. The highest BCUT2D eigenvalue weighted by molar-refractivity contribution is 6.18. The number of carbonyl (C=O) groups is 2. The molecule has 0 amide bonds. The molecule has 0 heterocycles. The lowest BCUT2D eigenvalue weighted by Crippen LogP contribution is -2.36. The summed E-state index contributed by atoms with van der Waals surface area (Å²) in [6.45, 7) is 4.00. The molecule has 1 unspecified atom stereocenters. The Kier molecular flexibility index (Phi) is 6.89. The van der Waals surface area contributed by atoms with E-state index in [9.17, 15) is 9.59 Å². The first-order chi connectivity index (χ1) is 9.51. The average molecular weight is 281 g/mol. The molecule has 0 spiro atoms. The molecule has 0 aromatic heterocycles. The van der Waals surface area contributed by atoms with E-state index in [1.54, 1.807) is 14.0 Å². The molecule has 1 rings (SSSR count). The largest absolute Gasteiger partial charge is 0.468 e. The molecular formula is C16H27NO3. The number of ketones is 1. The highest BCUT2D eigenvalue weighted by Gasteiger charge is 2.35. The fraction of sp³-hybridized carbons (Fsp3) is 0.812. The van der Waals surface area contributed by atoms with Crippen LogP contribution in [-0.4, -0.2) is 31.6 Å². The summed E-state index contributed by atoms with van der Waals surface area (Å²) in [4.78, 5) is 28.6. The van der Waals surface area contributed by atoms with Crippen LogP contribution >= 0.6 is 0 Å². The normalized spacial score (nSPS) is 26.3. The van der Waals surface area contributed by atoms with Crippen LogP contribution in [0, 0.1) is 17.8 Å². The molecule has 20 heavy (non-hydrogen) atoms. The minimum atomic E-state index is -0.813. The van der Waals surface area contributed by atoms with Gasteiger partial charge in [0.2, 0.25) is 0 Å². The summed E-state index contributed by atoms with van der Waals surface area (Å²) in [5, 5.41) is 0. The molecule has 4 nitrogen and oxygen atoms in total. The number of aliphatic imine (C=N–C) groups is 1. The number of hydrogen-bond donors (Lipinski definition) is 0. The summed E-state index contributed by atoms with van der Waals surface area (Å²) in [6, 6.07) is 0. The van der Waals surface area contributed by atoms with Gasteiger partial charge in [-0.15, -0.1) is 0 Å². The zero-order chi connectivity index (χ0) is 15.1. The van der Waals surface area contributed by atoms with Gasteiger partial charge in [-0.05, 0) is 25.7 Å². The third kappa shape index (κ3) is 4.43. The first-order valence-corrected chi connectivity index (χ1v) is 7.56. The van der Waals surface area contributed by atoms with Gasteiger partial charge in [-0.3, -0.25) is 14.6 Å². The van der Waals surface area contributed by atoms with Crippen LogP contribution in [0.3, 0.4) is 0 Å². The highest BCUT2D eigenvalue weighted by atomic mass is 16.5. The zero-order valence-electron chi connectivity index (χ0n) is 13.1. The van der Waals surface area contributed by atoms with Gasteiger partial charge in [0.15, 0.2) is 11.7 Å². The summed E-state index contributed by atoms with van der Waals surface area (Å²) < 4.78 is 4.78. The molecule has 1 aliphatic rings. The molecule has 1 saturated carbocycles. The number of ether oxygens (including phenoxy) is 1. The van der Waals surface area contributed by atoms with Gasteiger partial charge in [-0.2, -0.15) is 0 Å². The van der Waals surface area contributed by atoms with Crippen molar-refractivity contribution in [1.29, 1.82) is 0 Å². The summed E-state index contributed by atoms with van der Waals surface area (Å²) in [5.74, 6) is -0.570. The molecule has 0 N–H and O–H groups in total. The third-order valence-corrected chi connectivity index (χ3v) is 4.39. The fourth-order valence-electron chi connectivity index (χ4n) is 2.97. The van der Waals surface area contributed by atoms with Crippen molar-refractivity contribution in [1.82, 2.24) is 0 Å². The lowest BCUT2D eigenvalue weighted by Gasteiger charge is -2.24. The molecule has 0 aromatic carbocycles. The Labute approximate surface area is 122 Å². The second-order valence-electron chi connectivity index (χ2n) is 5.89. The minimum Gasteiger partial charge on any atom is -0.468 e. The molecule has 4 heteroatoms. The van der Waals surface area contributed by atoms with E-state index in [1.807, 2.05) is 0 Å². The molecule has 114 valence electrons. The summed E-state index contributed by atoms with van der Waals surface area (Å²) in [5.41, 5.74) is 0.553. The first-order valence-electron chi connectivity index (χ1n) is 7.56. The lowest BCUT2D eigenvalue weighted by atomic mass is 9.80. The molecular weight excluding hydrogens is 254 g/mol. The van der Waals surface area contributed by atoms with Crippen LogP contribution in [0.2, 0.25) is 0 Å². The van der Waals surface area contributed by atoms with Crippen LogP contribution in [-0.2, 0) is 14.3 Å². The van der Waals surface area contributed by atoms with Crippen LogP contribution in [0.4, 0.5) is 0 Å². The van der Waals surface area contributed by atoms with Gasteiger partial charge in [0.25, 0.3) is 0 Å². The van der Waals surface area contributed by atoms with Crippen LogP contribution in [0.15, 0.2) is 4.99 Å². The van der Waals surface area contributed by atoms with Gasteiger partial charge < -0.3 is 4.74 Å². The van der Waals surface area contributed by atoms with Crippen molar-refractivity contribution in [3.8, 4) is 0 Å². The van der Waals surface area contributed by atoms with Gasteiger partial charge in [0.05, 0.1) is 7.11 Å². The lowest BCUT2D eigenvalue weighted by molar-refractivity contribution is -0.147. The van der Waals surface area contributed by atoms with Crippen molar-refractivity contribution in [2.24, 2.45) is 22.7 Å². The number of hydrogen-bond acceptors (Lipinski definition) is 4. The second kappa shape index (κ2) is 8.18. The topological polar surface area (TPSA) is 55.7 Å². The molecule has 0 bridgehead atoms. The first kappa shape index (κ1) is 16.9. The number of rotatable bonds is 4. The smallest absolute Gasteiger partial charge is 0.322 e. The molecule has 1 atom stereocenters. The summed E-state index contributed by atoms with van der Waals surface area (Å²) in [7, 11) is 2.93. The van der Waals surface area contributed by atoms with Crippen molar-refractivity contribution in [3.63, 3.8) is 0 Å². The van der Waals surface area contributed by atoms with Crippen molar-refractivity contribution in [2.75, 3.05) is 14.2 Å². The molecule has 0 aliphatic heterocycles. The third-order valence-electron chi connectivity index (χ3n) is 4.39. The second-order valence-corrected chi connectivity index (χ2v) is 5.89. The van der Waals surface area contributed by atoms with Crippen molar-refractivity contribution < 1.29 is 14.3 Å². The Morgan fingerprint density at radius 2 is 1.70 bits per heavy atom. The monoisotopic (exact) mass is 281 g/mol. The molecule has 1 aliphatic carbocycles. The molecule has 0 saturated heterocycles. The van der Waals surface area contributed by atoms with E-state index in [-0.39, 0.29) is 11.7 Å². The average Bonchev–Trinajstić information content (AvgIpc) is 2.42. The standard InChI is InChI=1S/C16H27NO3/c1-11-7-5-9-13(10-6-8-11)15(18)14(12(2)17-3)16(19)20-4/h11,13-14H,5-10H2,1-4H3. The Morgan fingerprint density at radius 3 is 2.15 bits per heavy atom. The number of carbonyl (C=O) groups excluding carboxylic acids is 2. The maximum atomic E-state index is 12.7.